The highest BCUT2D eigenvalue weighted by atomic mass is 16.5. The molecule has 0 spiro atoms. The van der Waals surface area contributed by atoms with E-state index in [0.29, 0.717) is 12.8 Å². The maximum atomic E-state index is 13.3. The summed E-state index contributed by atoms with van der Waals surface area (Å²) < 4.78 is 5.30. The molecule has 4 nitrogen and oxygen atoms in total. The monoisotopic (exact) mass is 422 g/mol. The number of fused-ring (bicyclic) bond motifs is 1. The molecule has 4 heteroatoms. The molecule has 1 atom stereocenters. The minimum absolute atomic E-state index is 0.350. The van der Waals surface area contributed by atoms with Crippen LogP contribution in [0.3, 0.4) is 0 Å². The van der Waals surface area contributed by atoms with E-state index in [1.54, 1.807) is 6.08 Å². The summed E-state index contributed by atoms with van der Waals surface area (Å²) in [5.74, 6) is -0.382. The number of hydrogen-bond acceptors (Lipinski definition) is 3. The molecule has 0 fully saturated rings. The fourth-order valence-corrected chi connectivity index (χ4v) is 4.08. The van der Waals surface area contributed by atoms with E-state index in [9.17, 15) is 4.79 Å². The number of para-hydroxylation sites is 1. The number of ether oxygens (including phenoxy) is 1. The quantitative estimate of drug-likeness (QED) is 0.224. The number of aromatic amines is 1. The summed E-state index contributed by atoms with van der Waals surface area (Å²) >= 11 is 0. The summed E-state index contributed by atoms with van der Waals surface area (Å²) in [6.07, 6.45) is 4.43. The number of nitrogens with zero attached hydrogens (tertiary/aromatic N) is 1. The Morgan fingerprint density at radius 2 is 1.56 bits per heavy atom. The van der Waals surface area contributed by atoms with Crippen LogP contribution >= 0.6 is 0 Å². The number of rotatable bonds is 8. The van der Waals surface area contributed by atoms with E-state index >= 15 is 0 Å². The van der Waals surface area contributed by atoms with E-state index < -0.39 is 5.54 Å². The Bertz CT molecular complexity index is 1200. The Hall–Kier alpha value is -3.92. The smallest absolute Gasteiger partial charge is 0.334 e. The summed E-state index contributed by atoms with van der Waals surface area (Å²) in [6.45, 7) is 3.92. The van der Waals surface area contributed by atoms with E-state index in [4.69, 9.17) is 9.73 Å². The van der Waals surface area contributed by atoms with Crippen molar-refractivity contribution in [1.29, 1.82) is 0 Å². The van der Waals surface area contributed by atoms with Crippen molar-refractivity contribution in [2.75, 3.05) is 7.11 Å². The van der Waals surface area contributed by atoms with Gasteiger partial charge in [-0.05, 0) is 11.6 Å². The molecule has 4 aromatic rings. The average molecular weight is 423 g/mol. The van der Waals surface area contributed by atoms with Gasteiger partial charge in [0.15, 0.2) is 5.54 Å². The maximum Gasteiger partial charge on any atom is 0.334 e. The number of carbonyl (C=O) groups is 1. The lowest BCUT2D eigenvalue weighted by Crippen LogP contribution is -2.41. The summed E-state index contributed by atoms with van der Waals surface area (Å²) in [6, 6.07) is 27.9. The molecule has 0 saturated heterocycles. The number of esters is 1. The number of hydrogen-bond donors (Lipinski definition) is 1. The minimum Gasteiger partial charge on any atom is -0.467 e. The summed E-state index contributed by atoms with van der Waals surface area (Å²) in [5.41, 5.74) is 3.51. The third-order valence-corrected chi connectivity index (χ3v) is 5.63. The molecule has 0 aliphatic heterocycles. The van der Waals surface area contributed by atoms with Crippen molar-refractivity contribution >= 4 is 22.6 Å². The Labute approximate surface area is 188 Å². The average Bonchev–Trinajstić information content (AvgIpc) is 3.25. The SMILES string of the molecule is C=CCC(Cc1c[nH]c2ccccc12)(N=C(c1ccccc1)c1ccccc1)C(=O)OC. The van der Waals surface area contributed by atoms with E-state index in [1.807, 2.05) is 85.1 Å². The number of H-pyrrole nitrogens is 1. The van der Waals surface area contributed by atoms with Crippen LogP contribution in [0, 0.1) is 0 Å². The second-order valence-electron chi connectivity index (χ2n) is 7.74. The van der Waals surface area contributed by atoms with Crippen molar-refractivity contribution in [2.24, 2.45) is 4.99 Å². The predicted octanol–water partition coefficient (Wildman–Crippen LogP) is 5.74. The second-order valence-corrected chi connectivity index (χ2v) is 7.74. The van der Waals surface area contributed by atoms with Crippen LogP contribution in [0.1, 0.15) is 23.1 Å². The van der Waals surface area contributed by atoms with E-state index in [0.717, 1.165) is 33.3 Å². The van der Waals surface area contributed by atoms with Gasteiger partial charge in [0.2, 0.25) is 0 Å². The van der Waals surface area contributed by atoms with Crippen LogP contribution in [-0.4, -0.2) is 29.3 Å². The molecule has 1 heterocycles. The molecule has 1 N–H and O–H groups in total. The Kier molecular flexibility index (Phi) is 6.31. The molecular formula is C28H26N2O2. The van der Waals surface area contributed by atoms with Crippen LogP contribution in [0.15, 0.2) is 109 Å². The highest BCUT2D eigenvalue weighted by Crippen LogP contribution is 2.30. The molecular weight excluding hydrogens is 396 g/mol. The molecule has 160 valence electrons. The van der Waals surface area contributed by atoms with Crippen molar-refractivity contribution in [3.8, 4) is 0 Å². The lowest BCUT2D eigenvalue weighted by molar-refractivity contribution is -0.146. The first kappa shape index (κ1) is 21.3. The number of nitrogens with one attached hydrogen (secondary N) is 1. The van der Waals surface area contributed by atoms with Gasteiger partial charge in [-0.3, -0.25) is 4.99 Å². The molecule has 0 radical (unpaired) electrons. The fraction of sp³-hybridized carbons (Fsp3) is 0.143. The van der Waals surface area contributed by atoms with Crippen molar-refractivity contribution in [1.82, 2.24) is 4.98 Å². The van der Waals surface area contributed by atoms with Crippen molar-refractivity contribution < 1.29 is 9.53 Å². The lowest BCUT2D eigenvalue weighted by atomic mass is 9.86. The summed E-state index contributed by atoms with van der Waals surface area (Å²) in [4.78, 5) is 21.7. The van der Waals surface area contributed by atoms with Crippen molar-refractivity contribution in [3.05, 3.63) is 120 Å². The maximum absolute atomic E-state index is 13.3. The Morgan fingerprint density at radius 1 is 0.969 bits per heavy atom. The molecule has 0 aliphatic carbocycles. The Balaban J connectivity index is 1.92. The van der Waals surface area contributed by atoms with Gasteiger partial charge in [-0.1, -0.05) is 84.9 Å². The zero-order valence-corrected chi connectivity index (χ0v) is 18.1. The first-order valence-electron chi connectivity index (χ1n) is 10.6. The molecule has 1 unspecified atom stereocenters. The third-order valence-electron chi connectivity index (χ3n) is 5.63. The zero-order valence-electron chi connectivity index (χ0n) is 18.1. The van der Waals surface area contributed by atoms with Gasteiger partial charge in [-0.2, -0.15) is 0 Å². The Morgan fingerprint density at radius 3 is 2.16 bits per heavy atom. The first-order valence-corrected chi connectivity index (χ1v) is 10.6. The first-order chi connectivity index (χ1) is 15.7. The van der Waals surface area contributed by atoms with Gasteiger partial charge in [0.1, 0.15) is 0 Å². The highest BCUT2D eigenvalue weighted by Gasteiger charge is 2.40. The number of aromatic nitrogens is 1. The van der Waals surface area contributed by atoms with Crippen LogP contribution < -0.4 is 0 Å². The van der Waals surface area contributed by atoms with E-state index in [-0.39, 0.29) is 5.97 Å². The number of methoxy groups -OCH3 is 1. The van der Waals surface area contributed by atoms with Crippen LogP contribution in [-0.2, 0) is 16.0 Å². The van der Waals surface area contributed by atoms with Gasteiger partial charge in [0.25, 0.3) is 0 Å². The van der Waals surface area contributed by atoms with Gasteiger partial charge in [0, 0.05) is 41.1 Å². The second kappa shape index (κ2) is 9.48. The molecule has 4 rings (SSSR count). The highest BCUT2D eigenvalue weighted by molar-refractivity contribution is 6.14. The van der Waals surface area contributed by atoms with Gasteiger partial charge in [0.05, 0.1) is 12.8 Å². The number of benzene rings is 3. The van der Waals surface area contributed by atoms with Gasteiger partial charge >= 0.3 is 5.97 Å². The summed E-state index contributed by atoms with van der Waals surface area (Å²) in [5, 5.41) is 1.07. The standard InChI is InChI=1S/C28H26N2O2/c1-3-18-28(27(31)32-2,19-23-20-29-25-17-11-10-16-24(23)25)30-26(21-12-6-4-7-13-21)22-14-8-5-9-15-22/h3-17,20,29H,1,18-19H2,2H3. The van der Waals surface area contributed by atoms with Crippen LogP contribution in [0.25, 0.3) is 10.9 Å². The fourth-order valence-electron chi connectivity index (χ4n) is 4.08. The molecule has 0 aliphatic rings. The van der Waals surface area contributed by atoms with E-state index in [2.05, 4.69) is 17.6 Å². The van der Waals surface area contributed by atoms with Crippen molar-refractivity contribution in [2.45, 2.75) is 18.4 Å². The van der Waals surface area contributed by atoms with Crippen LogP contribution in [0.4, 0.5) is 0 Å². The van der Waals surface area contributed by atoms with Gasteiger partial charge < -0.3 is 9.72 Å². The van der Waals surface area contributed by atoms with Crippen LogP contribution in [0.5, 0.6) is 0 Å². The minimum atomic E-state index is -1.15. The number of aliphatic imine (C=N–C) groups is 1. The molecule has 0 amide bonds. The molecule has 3 aromatic carbocycles. The van der Waals surface area contributed by atoms with Gasteiger partial charge in [-0.15, -0.1) is 6.58 Å². The summed E-state index contributed by atoms with van der Waals surface area (Å²) in [7, 11) is 1.41. The largest absolute Gasteiger partial charge is 0.467 e. The topological polar surface area (TPSA) is 54.5 Å². The van der Waals surface area contributed by atoms with Crippen LogP contribution in [0.2, 0.25) is 0 Å². The van der Waals surface area contributed by atoms with Crippen molar-refractivity contribution in [3.63, 3.8) is 0 Å². The molecule has 1 aromatic heterocycles. The van der Waals surface area contributed by atoms with Gasteiger partial charge in [-0.25, -0.2) is 4.79 Å². The third kappa shape index (κ3) is 4.26. The molecule has 0 saturated carbocycles. The normalized spacial score (nSPS) is 12.7. The molecule has 0 bridgehead atoms. The zero-order chi connectivity index (χ0) is 22.4. The molecule has 32 heavy (non-hydrogen) atoms. The lowest BCUT2D eigenvalue weighted by Gasteiger charge is -2.27. The predicted molar refractivity (Wildman–Crippen MR) is 130 cm³/mol. The number of carbonyl (C=O) groups excluding carboxylic acids is 1. The van der Waals surface area contributed by atoms with E-state index in [1.165, 1.54) is 7.11 Å².